The van der Waals surface area contributed by atoms with Gasteiger partial charge in [0.1, 0.15) is 0 Å². The van der Waals surface area contributed by atoms with Gasteiger partial charge in [-0.1, -0.05) is 24.3 Å². The van der Waals surface area contributed by atoms with Gasteiger partial charge in [-0.2, -0.15) is 0 Å². The molecule has 2 aromatic rings. The molecule has 2 aromatic carbocycles. The van der Waals surface area contributed by atoms with Crippen LogP contribution in [0.5, 0.6) is 0 Å². The Balaban J connectivity index is 2.22. The first-order valence-electron chi connectivity index (χ1n) is 7.53. The number of nitrogens with zero attached hydrogens (tertiary/aromatic N) is 1. The molecule has 0 aromatic heterocycles. The highest BCUT2D eigenvalue weighted by Gasteiger charge is 2.18. The summed E-state index contributed by atoms with van der Waals surface area (Å²) in [5.74, 6) is -0.337. The molecule has 120 valence electrons. The van der Waals surface area contributed by atoms with E-state index >= 15 is 0 Å². The molecule has 2 rings (SSSR count). The zero-order chi connectivity index (χ0) is 17.0. The van der Waals surface area contributed by atoms with Gasteiger partial charge >= 0.3 is 0 Å². The lowest BCUT2D eigenvalue weighted by Gasteiger charge is -2.21. The van der Waals surface area contributed by atoms with Gasteiger partial charge in [0, 0.05) is 29.4 Å². The van der Waals surface area contributed by atoms with Crippen molar-refractivity contribution in [2.45, 2.75) is 26.3 Å². The largest absolute Gasteiger partial charge is 0.347 e. The molecule has 2 amide bonds. The minimum atomic E-state index is -0.322. The van der Waals surface area contributed by atoms with Gasteiger partial charge in [-0.25, -0.2) is 0 Å². The smallest absolute Gasteiger partial charge is 0.258 e. The van der Waals surface area contributed by atoms with Crippen LogP contribution in [0.3, 0.4) is 0 Å². The molecule has 0 radical (unpaired) electrons. The summed E-state index contributed by atoms with van der Waals surface area (Å²) >= 11 is 0. The third-order valence-electron chi connectivity index (χ3n) is 3.31. The van der Waals surface area contributed by atoms with Crippen LogP contribution in [0.15, 0.2) is 54.6 Å². The third kappa shape index (κ3) is 4.42. The Hall–Kier alpha value is -2.62. The number of benzene rings is 2. The highest BCUT2D eigenvalue weighted by atomic mass is 16.2. The molecule has 0 aliphatic rings. The first kappa shape index (κ1) is 16.7. The van der Waals surface area contributed by atoms with E-state index in [1.54, 1.807) is 36.2 Å². The fourth-order valence-corrected chi connectivity index (χ4v) is 2.17. The van der Waals surface area contributed by atoms with Crippen LogP contribution < -0.4 is 10.2 Å². The minimum Gasteiger partial charge on any atom is -0.347 e. The van der Waals surface area contributed by atoms with E-state index in [0.29, 0.717) is 11.1 Å². The lowest BCUT2D eigenvalue weighted by Crippen LogP contribution is -2.40. The summed E-state index contributed by atoms with van der Waals surface area (Å²) in [5.41, 5.74) is 1.45. The Labute approximate surface area is 137 Å². The maximum atomic E-state index is 12.6. The van der Waals surface area contributed by atoms with Gasteiger partial charge in [0.15, 0.2) is 0 Å². The molecule has 0 atom stereocenters. The van der Waals surface area contributed by atoms with Gasteiger partial charge in [0.25, 0.3) is 11.8 Å². The zero-order valence-electron chi connectivity index (χ0n) is 14.0. The van der Waals surface area contributed by atoms with Crippen molar-refractivity contribution in [3.05, 3.63) is 65.7 Å². The van der Waals surface area contributed by atoms with Crippen LogP contribution in [0.25, 0.3) is 0 Å². The van der Waals surface area contributed by atoms with Crippen molar-refractivity contribution in [2.24, 2.45) is 0 Å². The van der Waals surface area contributed by atoms with Crippen LogP contribution in [0, 0.1) is 0 Å². The van der Waals surface area contributed by atoms with Crippen molar-refractivity contribution in [1.29, 1.82) is 0 Å². The van der Waals surface area contributed by atoms with Crippen LogP contribution in [0.2, 0.25) is 0 Å². The number of nitrogens with one attached hydrogen (secondary N) is 1. The molecule has 1 N–H and O–H groups in total. The van der Waals surface area contributed by atoms with E-state index < -0.39 is 0 Å². The lowest BCUT2D eigenvalue weighted by molar-refractivity contribution is 0.0919. The van der Waals surface area contributed by atoms with E-state index in [9.17, 15) is 9.59 Å². The van der Waals surface area contributed by atoms with E-state index in [4.69, 9.17) is 0 Å². The van der Waals surface area contributed by atoms with Crippen LogP contribution >= 0.6 is 0 Å². The Morgan fingerprint density at radius 1 is 0.913 bits per heavy atom. The topological polar surface area (TPSA) is 49.4 Å². The fourth-order valence-electron chi connectivity index (χ4n) is 2.17. The quantitative estimate of drug-likeness (QED) is 0.943. The monoisotopic (exact) mass is 310 g/mol. The van der Waals surface area contributed by atoms with E-state index in [-0.39, 0.29) is 17.4 Å². The summed E-state index contributed by atoms with van der Waals surface area (Å²) in [6, 6.07) is 16.2. The summed E-state index contributed by atoms with van der Waals surface area (Å²) in [4.78, 5) is 26.4. The van der Waals surface area contributed by atoms with Crippen LogP contribution in [0.4, 0.5) is 5.69 Å². The summed E-state index contributed by atoms with van der Waals surface area (Å²) in [5, 5.41) is 2.90. The first-order valence-corrected chi connectivity index (χ1v) is 7.53. The van der Waals surface area contributed by atoms with Gasteiger partial charge in [0.2, 0.25) is 0 Å². The van der Waals surface area contributed by atoms with Crippen LogP contribution in [0.1, 0.15) is 41.5 Å². The van der Waals surface area contributed by atoms with Crippen molar-refractivity contribution in [3.63, 3.8) is 0 Å². The van der Waals surface area contributed by atoms with E-state index in [1.807, 2.05) is 51.1 Å². The number of carbonyl (C=O) groups excluding carboxylic acids is 2. The average Bonchev–Trinajstić information content (AvgIpc) is 2.53. The number of hydrogen-bond acceptors (Lipinski definition) is 2. The van der Waals surface area contributed by atoms with Gasteiger partial charge in [-0.3, -0.25) is 9.59 Å². The number of rotatable bonds is 3. The van der Waals surface area contributed by atoms with Crippen molar-refractivity contribution < 1.29 is 9.59 Å². The Morgan fingerprint density at radius 2 is 1.52 bits per heavy atom. The maximum Gasteiger partial charge on any atom is 0.258 e. The van der Waals surface area contributed by atoms with Gasteiger partial charge < -0.3 is 10.2 Å². The maximum absolute atomic E-state index is 12.6. The van der Waals surface area contributed by atoms with Crippen LogP contribution in [-0.2, 0) is 0 Å². The molecule has 0 saturated carbocycles. The molecule has 0 aliphatic carbocycles. The summed E-state index contributed by atoms with van der Waals surface area (Å²) in [6.45, 7) is 5.76. The predicted molar refractivity (Wildman–Crippen MR) is 92.8 cm³/mol. The molecule has 23 heavy (non-hydrogen) atoms. The molecular weight excluding hydrogens is 288 g/mol. The van der Waals surface area contributed by atoms with Crippen molar-refractivity contribution in [3.8, 4) is 0 Å². The van der Waals surface area contributed by atoms with E-state index in [2.05, 4.69) is 5.32 Å². The fraction of sp³-hybridized carbons (Fsp3) is 0.263. The summed E-state index contributed by atoms with van der Waals surface area (Å²) < 4.78 is 0. The molecule has 4 heteroatoms. The van der Waals surface area contributed by atoms with Crippen LogP contribution in [-0.4, -0.2) is 24.4 Å². The highest BCUT2D eigenvalue weighted by molar-refractivity contribution is 6.07. The summed E-state index contributed by atoms with van der Waals surface area (Å²) in [7, 11) is 1.72. The van der Waals surface area contributed by atoms with Gasteiger partial charge in [-0.05, 0) is 51.1 Å². The second kappa shape index (κ2) is 6.65. The molecule has 0 heterocycles. The number of carbonyl (C=O) groups is 2. The summed E-state index contributed by atoms with van der Waals surface area (Å²) in [6.07, 6.45) is 0. The highest BCUT2D eigenvalue weighted by Crippen LogP contribution is 2.16. The predicted octanol–water partition coefficient (Wildman–Crippen LogP) is 3.49. The molecule has 0 unspecified atom stereocenters. The lowest BCUT2D eigenvalue weighted by atomic mass is 10.1. The molecule has 0 saturated heterocycles. The number of para-hydroxylation sites is 1. The third-order valence-corrected chi connectivity index (χ3v) is 3.31. The molecule has 4 nitrogen and oxygen atoms in total. The van der Waals surface area contributed by atoms with Crippen molar-refractivity contribution >= 4 is 17.5 Å². The molecule has 0 bridgehead atoms. The first-order chi connectivity index (χ1) is 10.8. The normalized spacial score (nSPS) is 11.0. The standard InChI is InChI=1S/C19H22N2O2/c1-19(2,3)20-17(22)14-9-8-10-15(13-14)18(23)21(4)16-11-6-5-7-12-16/h5-13H,1-4H3,(H,20,22). The number of hydrogen-bond donors (Lipinski definition) is 1. The molecule has 0 fully saturated rings. The Kier molecular flexibility index (Phi) is 4.84. The van der Waals surface area contributed by atoms with E-state index in [0.717, 1.165) is 5.69 Å². The Bertz CT molecular complexity index is 703. The SMILES string of the molecule is CN(C(=O)c1cccc(C(=O)NC(C)(C)C)c1)c1ccccc1. The number of anilines is 1. The minimum absolute atomic E-state index is 0.151. The molecule has 0 spiro atoms. The number of amides is 2. The Morgan fingerprint density at radius 3 is 2.13 bits per heavy atom. The van der Waals surface area contributed by atoms with Crippen molar-refractivity contribution in [1.82, 2.24) is 5.32 Å². The van der Waals surface area contributed by atoms with E-state index in [1.165, 1.54) is 0 Å². The second-order valence-corrected chi connectivity index (χ2v) is 6.48. The van der Waals surface area contributed by atoms with Gasteiger partial charge in [0.05, 0.1) is 0 Å². The van der Waals surface area contributed by atoms with Crippen molar-refractivity contribution in [2.75, 3.05) is 11.9 Å². The molecular formula is C19H22N2O2. The zero-order valence-corrected chi connectivity index (χ0v) is 14.0. The van der Waals surface area contributed by atoms with Gasteiger partial charge in [-0.15, -0.1) is 0 Å². The average molecular weight is 310 g/mol. The molecule has 0 aliphatic heterocycles. The second-order valence-electron chi connectivity index (χ2n) is 6.48.